The molecule has 1 amide bonds. The molecule has 8 aromatic heterocycles. The Kier molecular flexibility index (Phi) is 25.4. The van der Waals surface area contributed by atoms with Gasteiger partial charge in [-0.15, -0.1) is 0 Å². The van der Waals surface area contributed by atoms with E-state index in [4.69, 9.17) is 25.5 Å². The fourth-order valence-electron chi connectivity index (χ4n) is 5.44. The van der Waals surface area contributed by atoms with Crippen molar-refractivity contribution in [3.63, 3.8) is 0 Å². The first-order valence-electron chi connectivity index (χ1n) is 21.8. The van der Waals surface area contributed by atoms with Crippen LogP contribution >= 0.6 is 15.6 Å². The van der Waals surface area contributed by atoms with Crippen molar-refractivity contribution in [2.75, 3.05) is 11.9 Å². The zero-order valence-corrected chi connectivity index (χ0v) is 45.3. The van der Waals surface area contributed by atoms with Crippen LogP contribution in [0.3, 0.4) is 0 Å². The van der Waals surface area contributed by atoms with Crippen molar-refractivity contribution in [1.29, 1.82) is 15.8 Å². The van der Waals surface area contributed by atoms with Crippen molar-refractivity contribution in [3.8, 4) is 75.1 Å². The van der Waals surface area contributed by atoms with Gasteiger partial charge in [-0.1, -0.05) is 30.3 Å². The van der Waals surface area contributed by atoms with Crippen LogP contribution in [0.1, 0.15) is 48.4 Å². The number of hydrogen-bond acceptors (Lipinski definition) is 14. The zero-order chi connectivity index (χ0) is 59.5. The second kappa shape index (κ2) is 29.3. The Hall–Kier alpha value is -8.75. The largest absolute Gasteiger partial charge is 2.00 e. The monoisotopic (exact) mass is 1250 g/mol. The molecule has 0 fully saturated rings. The van der Waals surface area contributed by atoms with E-state index in [1.807, 2.05) is 91.0 Å². The number of anilines is 1. The van der Waals surface area contributed by atoms with E-state index in [2.05, 4.69) is 40.2 Å². The van der Waals surface area contributed by atoms with E-state index >= 15 is 0 Å². The van der Waals surface area contributed by atoms with E-state index in [1.165, 1.54) is 20.8 Å². The van der Waals surface area contributed by atoms with Gasteiger partial charge >= 0.3 is 91.4 Å². The number of esters is 1. The molecule has 0 saturated carbocycles. The van der Waals surface area contributed by atoms with Crippen LogP contribution in [-0.4, -0.2) is 58.4 Å². The Morgan fingerprint density at radius 1 is 0.450 bits per heavy atom. The van der Waals surface area contributed by atoms with Crippen molar-refractivity contribution >= 4 is 33.2 Å². The number of nitrogens with one attached hydrogen (secondary N) is 1. The minimum absolute atomic E-state index is 0. The molecule has 422 valence electrons. The van der Waals surface area contributed by atoms with E-state index < -0.39 is 15.6 Å². The average molecular weight is 1250 g/mol. The van der Waals surface area contributed by atoms with Crippen LogP contribution in [0.2, 0.25) is 0 Å². The summed E-state index contributed by atoms with van der Waals surface area (Å²) < 4.78 is 123. The number of halogens is 12. The topological polar surface area (TPSA) is 230 Å². The average Bonchev–Trinajstić information content (AvgIpc) is 3.39. The van der Waals surface area contributed by atoms with Gasteiger partial charge in [0.25, 0.3) is 5.91 Å². The van der Waals surface area contributed by atoms with Gasteiger partial charge in [0.2, 0.25) is 0 Å². The van der Waals surface area contributed by atoms with Crippen LogP contribution < -0.4 is 5.32 Å². The molecule has 0 aliphatic heterocycles. The second-order valence-electron chi connectivity index (χ2n) is 14.5. The van der Waals surface area contributed by atoms with Crippen LogP contribution in [0.15, 0.2) is 165 Å². The normalized spacial score (nSPS) is 11.7. The van der Waals surface area contributed by atoms with Gasteiger partial charge in [-0.25, -0.2) is 14.8 Å². The number of amides is 1. The summed E-state index contributed by atoms with van der Waals surface area (Å²) in [6.07, 6.45) is 10.0. The molecule has 0 radical (unpaired) electrons. The number of ether oxygens (including phenoxy) is 1. The van der Waals surface area contributed by atoms with E-state index in [0.29, 0.717) is 74.7 Å². The first-order chi connectivity index (χ1) is 36.7. The molecular formula is C50H42F12N12O3P2Ru. The van der Waals surface area contributed by atoms with Gasteiger partial charge in [0, 0.05) is 63.6 Å². The zero-order valence-electron chi connectivity index (χ0n) is 41.7. The molecule has 8 rings (SSSR count). The summed E-state index contributed by atoms with van der Waals surface area (Å²) in [6.45, 7) is 6.39. The first kappa shape index (κ1) is 69.3. The molecular weight excluding hydrogens is 1210 g/mol. The van der Waals surface area contributed by atoms with Gasteiger partial charge in [-0.2, -0.15) is 15.8 Å². The van der Waals surface area contributed by atoms with Crippen molar-refractivity contribution in [2.45, 2.75) is 27.7 Å². The number of nitrogens with zero attached hydrogens (tertiary/aromatic N) is 11. The molecule has 8 aromatic rings. The van der Waals surface area contributed by atoms with Gasteiger partial charge in [0.05, 0.1) is 92.9 Å². The number of pyridine rings is 8. The summed E-state index contributed by atoms with van der Waals surface area (Å²) in [5, 5.41) is 24.9. The molecule has 0 aliphatic carbocycles. The molecule has 0 unspecified atom stereocenters. The maximum absolute atomic E-state index is 12.9. The van der Waals surface area contributed by atoms with Crippen molar-refractivity contribution in [1.82, 2.24) is 39.9 Å². The Labute approximate surface area is 461 Å². The predicted molar refractivity (Wildman–Crippen MR) is 274 cm³/mol. The Bertz CT molecular complexity index is 3160. The summed E-state index contributed by atoms with van der Waals surface area (Å²) >= 11 is 0. The predicted octanol–water partition coefficient (Wildman–Crippen LogP) is 16.6. The maximum atomic E-state index is 12.9. The standard InChI is InChI=1S/C26H18N6O.C18H15N3O2.3C2H3N.2F6P.Ru/c33-26(18-10-11-23(30-17-18)20-7-1-4-12-27-20)31-19-15-24(21-8-2-5-13-28-21)32-25(16-19)22-9-3-6-14-29-22;1-2-23-18(22)13-11-16(14-7-3-5-9-19-14)21-17(12-13)15-8-4-6-10-20-15;3*1-2-3;2*1-7(2,3,4,5)6;/h1-17H,(H,31,32,33);3-12H,2H2,1H3;3*1H3;;;/q;;;;;2*-1;+2. The van der Waals surface area contributed by atoms with Crippen LogP contribution in [0.5, 0.6) is 0 Å². The van der Waals surface area contributed by atoms with E-state index in [1.54, 1.807) is 98.7 Å². The van der Waals surface area contributed by atoms with Gasteiger partial charge in [0.15, 0.2) is 0 Å². The summed E-state index contributed by atoms with van der Waals surface area (Å²) in [5.74, 6) is -0.663. The minimum Gasteiger partial charge on any atom is -0.322 e. The number of carbonyl (C=O) groups is 2. The SMILES string of the molecule is CC#N.CC#N.CC#N.CCOC(=O)c1cc(-c2ccccn2)nc(-c2ccccn2)c1.F[P-](F)(F)(F)(F)F.F[P-](F)(F)(F)(F)F.O=C(Nc1cc(-c2ccccn2)nc(-c2ccccn2)c1)c1ccc(-c2ccccn2)nc1.[Ru+2]. The smallest absolute Gasteiger partial charge is 0.322 e. The molecule has 0 spiro atoms. The van der Waals surface area contributed by atoms with Crippen LogP contribution in [-0.2, 0) is 24.2 Å². The fraction of sp³-hybridized carbons (Fsp3) is 0.100. The molecule has 1 N–H and O–H groups in total. The third-order valence-electron chi connectivity index (χ3n) is 8.08. The molecule has 0 aliphatic rings. The fourth-order valence-corrected chi connectivity index (χ4v) is 5.44. The third kappa shape index (κ3) is 32.1. The molecule has 8 heterocycles. The van der Waals surface area contributed by atoms with E-state index in [0.717, 1.165) is 5.69 Å². The number of nitriles is 3. The van der Waals surface area contributed by atoms with Gasteiger partial charge in [-0.05, 0) is 104 Å². The number of aromatic nitrogens is 8. The van der Waals surface area contributed by atoms with Crippen molar-refractivity contribution in [2.24, 2.45) is 0 Å². The molecule has 0 bridgehead atoms. The summed E-state index contributed by atoms with van der Waals surface area (Å²) in [5.41, 5.74) is 8.18. The van der Waals surface area contributed by atoms with E-state index in [-0.39, 0.29) is 31.4 Å². The van der Waals surface area contributed by atoms with Gasteiger partial charge < -0.3 is 10.1 Å². The third-order valence-corrected chi connectivity index (χ3v) is 8.08. The second-order valence-corrected chi connectivity index (χ2v) is 18.4. The number of carbonyl (C=O) groups excluding carboxylic acids is 2. The molecule has 0 atom stereocenters. The molecule has 30 heteroatoms. The quantitative estimate of drug-likeness (QED) is 0.0613. The number of rotatable bonds is 9. The molecule has 15 nitrogen and oxygen atoms in total. The van der Waals surface area contributed by atoms with Crippen molar-refractivity contribution in [3.05, 3.63) is 176 Å². The van der Waals surface area contributed by atoms with Crippen LogP contribution in [0.25, 0.3) is 56.9 Å². The van der Waals surface area contributed by atoms with Crippen LogP contribution in [0, 0.1) is 34.0 Å². The first-order valence-corrected chi connectivity index (χ1v) is 25.9. The van der Waals surface area contributed by atoms with Gasteiger partial charge in [0.1, 0.15) is 0 Å². The minimum atomic E-state index is -10.7. The summed E-state index contributed by atoms with van der Waals surface area (Å²) in [6, 6.07) is 43.7. The summed E-state index contributed by atoms with van der Waals surface area (Å²) in [7, 11) is -21.3. The van der Waals surface area contributed by atoms with Gasteiger partial charge in [-0.3, -0.25) is 34.7 Å². The van der Waals surface area contributed by atoms with E-state index in [9.17, 15) is 60.0 Å². The van der Waals surface area contributed by atoms with Crippen molar-refractivity contribution < 1.29 is 84.2 Å². The molecule has 0 aromatic carbocycles. The molecule has 80 heavy (non-hydrogen) atoms. The Morgan fingerprint density at radius 2 is 0.725 bits per heavy atom. The Balaban J connectivity index is 0.000000587. The summed E-state index contributed by atoms with van der Waals surface area (Å²) in [4.78, 5) is 60.4. The van der Waals surface area contributed by atoms with Crippen LogP contribution in [0.4, 0.5) is 56.1 Å². The maximum Gasteiger partial charge on any atom is 2.00 e. The number of hydrogen-bond donors (Lipinski definition) is 1. The molecule has 0 saturated heterocycles. The Morgan fingerprint density at radius 3 is 0.975 bits per heavy atom.